The van der Waals surface area contributed by atoms with Crippen molar-refractivity contribution in [3.05, 3.63) is 47.2 Å². The van der Waals surface area contributed by atoms with Gasteiger partial charge in [-0.3, -0.25) is 0 Å². The van der Waals surface area contributed by atoms with Crippen LogP contribution in [0, 0.1) is 11.6 Å². The maximum absolute atomic E-state index is 13.3. The number of hydrogen-bond donors (Lipinski definition) is 1. The van der Waals surface area contributed by atoms with E-state index in [9.17, 15) is 8.78 Å². The number of benzene rings is 1. The Bertz CT molecular complexity index is 526. The molecule has 0 aromatic heterocycles. The van der Waals surface area contributed by atoms with E-state index in [4.69, 9.17) is 10.5 Å². The lowest BCUT2D eigenvalue weighted by molar-refractivity contribution is 0.112. The molecule has 0 unspecified atom stereocenters. The van der Waals surface area contributed by atoms with Crippen LogP contribution >= 0.6 is 11.8 Å². The molecule has 0 saturated heterocycles. The van der Waals surface area contributed by atoms with Crippen molar-refractivity contribution >= 4 is 16.9 Å². The number of nitrogens with zero attached hydrogens (tertiary/aromatic N) is 1. The van der Waals surface area contributed by atoms with Crippen molar-refractivity contribution in [2.24, 2.45) is 10.7 Å². The van der Waals surface area contributed by atoms with Gasteiger partial charge in [0, 0.05) is 24.1 Å². The Hall–Kier alpha value is -1.40. The monoisotopic (exact) mass is 312 g/mol. The minimum Gasteiger partial charge on any atom is -0.378 e. The van der Waals surface area contributed by atoms with Gasteiger partial charge in [0.05, 0.1) is 6.61 Å². The summed E-state index contributed by atoms with van der Waals surface area (Å²) in [6, 6.07) is 3.82. The highest BCUT2D eigenvalue weighted by Gasteiger charge is 2.08. The van der Waals surface area contributed by atoms with Crippen molar-refractivity contribution in [1.29, 1.82) is 0 Å². The van der Waals surface area contributed by atoms with Crippen LogP contribution in [0.2, 0.25) is 0 Å². The molecular formula is C15H18F2N2OS. The van der Waals surface area contributed by atoms with Crippen LogP contribution in [-0.2, 0) is 11.3 Å². The zero-order valence-electron chi connectivity index (χ0n) is 11.6. The molecule has 0 saturated carbocycles. The Morgan fingerprint density at radius 2 is 2.00 bits per heavy atom. The summed E-state index contributed by atoms with van der Waals surface area (Å²) in [4.78, 5) is 4.07. The summed E-state index contributed by atoms with van der Waals surface area (Å²) in [5, 5.41) is 0.606. The van der Waals surface area contributed by atoms with Crippen molar-refractivity contribution in [2.75, 3.05) is 12.4 Å². The van der Waals surface area contributed by atoms with Gasteiger partial charge in [0.2, 0.25) is 0 Å². The molecule has 2 rings (SSSR count). The molecule has 0 spiro atoms. The number of unbranched alkanes of at least 4 members (excludes halogenated alkanes) is 1. The van der Waals surface area contributed by atoms with E-state index >= 15 is 0 Å². The molecule has 21 heavy (non-hydrogen) atoms. The average molecular weight is 312 g/mol. The molecule has 0 amide bonds. The van der Waals surface area contributed by atoms with E-state index in [1.807, 2.05) is 6.20 Å². The smallest absolute Gasteiger partial charge is 0.158 e. The number of thioether (sulfide) groups is 1. The number of hydrogen-bond acceptors (Lipinski definition) is 4. The van der Waals surface area contributed by atoms with Gasteiger partial charge in [-0.05, 0) is 37.0 Å². The molecule has 1 aromatic rings. The molecule has 1 aromatic carbocycles. The number of ether oxygens (including phenoxy) is 1. The highest BCUT2D eigenvalue weighted by Crippen LogP contribution is 2.19. The van der Waals surface area contributed by atoms with Crippen LogP contribution in [0.5, 0.6) is 0 Å². The summed E-state index contributed by atoms with van der Waals surface area (Å²) in [5.41, 5.74) is 6.81. The average Bonchev–Trinajstić information content (AvgIpc) is 2.47. The number of rotatable bonds is 7. The van der Waals surface area contributed by atoms with E-state index in [0.717, 1.165) is 25.0 Å². The highest BCUT2D eigenvalue weighted by atomic mass is 32.2. The van der Waals surface area contributed by atoms with Gasteiger partial charge in [0.1, 0.15) is 11.6 Å². The second-order valence-corrected chi connectivity index (χ2v) is 5.75. The highest BCUT2D eigenvalue weighted by molar-refractivity contribution is 8.14. The predicted molar refractivity (Wildman–Crippen MR) is 82.0 cm³/mol. The normalized spacial score (nSPS) is 14.8. The molecule has 0 radical (unpaired) electrons. The largest absolute Gasteiger partial charge is 0.378 e. The van der Waals surface area contributed by atoms with Crippen LogP contribution < -0.4 is 5.73 Å². The molecule has 6 heteroatoms. The summed E-state index contributed by atoms with van der Waals surface area (Å²) in [6.07, 6.45) is 4.57. The standard InChI is InChI=1S/C15H18F2N2OS/c16-13-5-3-6-14(17)12(13)9-20-7-2-1-4-11-8-19-15(18)21-10-11/h3,5-6,8H,1-2,4,7,9-10H2,(H2,18,19). The molecule has 3 nitrogen and oxygen atoms in total. The van der Waals surface area contributed by atoms with E-state index in [-0.39, 0.29) is 12.2 Å². The van der Waals surface area contributed by atoms with E-state index in [2.05, 4.69) is 4.99 Å². The minimum atomic E-state index is -0.560. The molecule has 1 aliphatic rings. The van der Waals surface area contributed by atoms with Crippen LogP contribution in [0.3, 0.4) is 0 Å². The summed E-state index contributed by atoms with van der Waals surface area (Å²) in [7, 11) is 0. The van der Waals surface area contributed by atoms with E-state index in [0.29, 0.717) is 11.8 Å². The lowest BCUT2D eigenvalue weighted by atomic mass is 10.1. The Kier molecular flexibility index (Phi) is 6.20. The molecule has 0 bridgehead atoms. The molecule has 2 N–H and O–H groups in total. The Balaban J connectivity index is 1.62. The van der Waals surface area contributed by atoms with E-state index in [1.165, 1.54) is 35.5 Å². The first-order valence-corrected chi connectivity index (χ1v) is 7.80. The molecule has 0 fully saturated rings. The number of nitrogens with two attached hydrogens (primary N) is 1. The Morgan fingerprint density at radius 3 is 2.67 bits per heavy atom. The third-order valence-electron chi connectivity index (χ3n) is 3.12. The van der Waals surface area contributed by atoms with Gasteiger partial charge in [0.15, 0.2) is 5.17 Å². The van der Waals surface area contributed by atoms with Crippen LogP contribution in [0.4, 0.5) is 8.78 Å². The third kappa shape index (κ3) is 5.13. The van der Waals surface area contributed by atoms with Gasteiger partial charge in [0.25, 0.3) is 0 Å². The Morgan fingerprint density at radius 1 is 1.24 bits per heavy atom. The first kappa shape index (κ1) is 16.0. The van der Waals surface area contributed by atoms with Gasteiger partial charge in [-0.15, -0.1) is 0 Å². The number of amidine groups is 1. The fourth-order valence-corrected chi connectivity index (χ4v) is 2.61. The van der Waals surface area contributed by atoms with Crippen LogP contribution in [0.25, 0.3) is 0 Å². The summed E-state index contributed by atoms with van der Waals surface area (Å²) < 4.78 is 32.0. The van der Waals surface area contributed by atoms with Gasteiger partial charge in [-0.1, -0.05) is 17.8 Å². The number of halogens is 2. The predicted octanol–water partition coefficient (Wildman–Crippen LogP) is 3.60. The van der Waals surface area contributed by atoms with Crippen LogP contribution in [0.15, 0.2) is 35.0 Å². The van der Waals surface area contributed by atoms with E-state index in [1.54, 1.807) is 0 Å². The molecule has 0 atom stereocenters. The minimum absolute atomic E-state index is 0.00583. The molecule has 114 valence electrons. The summed E-state index contributed by atoms with van der Waals surface area (Å²) >= 11 is 1.54. The lowest BCUT2D eigenvalue weighted by Crippen LogP contribution is -2.10. The van der Waals surface area contributed by atoms with Crippen molar-refractivity contribution in [3.8, 4) is 0 Å². The SMILES string of the molecule is NC1=NC=C(CCCCOCc2c(F)cccc2F)CS1. The molecule has 1 heterocycles. The maximum atomic E-state index is 13.3. The van der Waals surface area contributed by atoms with Crippen molar-refractivity contribution in [3.63, 3.8) is 0 Å². The van der Waals surface area contributed by atoms with Crippen molar-refractivity contribution in [1.82, 2.24) is 0 Å². The number of aliphatic imine (C=N–C) groups is 1. The van der Waals surface area contributed by atoms with Crippen molar-refractivity contribution < 1.29 is 13.5 Å². The summed E-state index contributed by atoms with van der Waals surface area (Å²) in [5.74, 6) is -0.235. The zero-order chi connectivity index (χ0) is 15.1. The van der Waals surface area contributed by atoms with Gasteiger partial charge in [-0.2, -0.15) is 0 Å². The first-order chi connectivity index (χ1) is 10.2. The molecule has 0 aliphatic carbocycles. The van der Waals surface area contributed by atoms with E-state index < -0.39 is 11.6 Å². The first-order valence-electron chi connectivity index (χ1n) is 6.81. The fraction of sp³-hybridized carbons (Fsp3) is 0.400. The molecule has 1 aliphatic heterocycles. The van der Waals surface area contributed by atoms with Crippen molar-refractivity contribution in [2.45, 2.75) is 25.9 Å². The zero-order valence-corrected chi connectivity index (χ0v) is 12.5. The van der Waals surface area contributed by atoms with Gasteiger partial charge >= 0.3 is 0 Å². The quantitative estimate of drug-likeness (QED) is 0.783. The second kappa shape index (κ2) is 8.14. The maximum Gasteiger partial charge on any atom is 0.158 e. The lowest BCUT2D eigenvalue weighted by Gasteiger charge is -2.10. The summed E-state index contributed by atoms with van der Waals surface area (Å²) in [6.45, 7) is 0.456. The third-order valence-corrected chi connectivity index (χ3v) is 4.04. The van der Waals surface area contributed by atoms with Gasteiger partial charge in [-0.25, -0.2) is 13.8 Å². The second-order valence-electron chi connectivity index (χ2n) is 4.75. The van der Waals surface area contributed by atoms with Gasteiger partial charge < -0.3 is 10.5 Å². The van der Waals surface area contributed by atoms with Crippen LogP contribution in [-0.4, -0.2) is 17.5 Å². The topological polar surface area (TPSA) is 47.6 Å². The Labute approximate surface area is 127 Å². The fourth-order valence-electron chi connectivity index (χ4n) is 1.93. The molecular weight excluding hydrogens is 294 g/mol. The van der Waals surface area contributed by atoms with Crippen LogP contribution in [0.1, 0.15) is 24.8 Å².